The maximum Gasteiger partial charge on any atom is 0.144 e. The molecule has 0 rings (SSSR count). The van der Waals surface area contributed by atoms with E-state index in [0.29, 0.717) is 11.9 Å². The van der Waals surface area contributed by atoms with Gasteiger partial charge in [-0.05, 0) is 45.1 Å². The summed E-state index contributed by atoms with van der Waals surface area (Å²) >= 11 is 0. The van der Waals surface area contributed by atoms with E-state index in [4.69, 9.17) is 10.9 Å². The normalized spacial score (nSPS) is 14.9. The highest BCUT2D eigenvalue weighted by Gasteiger charge is 2.22. The van der Waals surface area contributed by atoms with Gasteiger partial charge in [-0.1, -0.05) is 39.3 Å². The number of unbranched alkanes of at least 4 members (excludes halogenated alkanes) is 1. The quantitative estimate of drug-likeness (QED) is 0.188. The molecule has 0 aliphatic carbocycles. The van der Waals surface area contributed by atoms with E-state index in [2.05, 4.69) is 31.2 Å². The van der Waals surface area contributed by atoms with Crippen LogP contribution >= 0.6 is 0 Å². The van der Waals surface area contributed by atoms with E-state index in [-0.39, 0.29) is 5.41 Å². The Labute approximate surface area is 118 Å². The zero-order valence-electron chi connectivity index (χ0n) is 13.4. The van der Waals surface area contributed by atoms with E-state index >= 15 is 0 Å². The Morgan fingerprint density at radius 2 is 1.84 bits per heavy atom. The highest BCUT2D eigenvalue weighted by atomic mass is 16.4. The summed E-state index contributed by atoms with van der Waals surface area (Å²) in [7, 11) is 0. The van der Waals surface area contributed by atoms with Crippen molar-refractivity contribution in [2.45, 2.75) is 72.8 Å². The number of rotatable bonds is 10. The molecule has 4 nitrogen and oxygen atoms in total. The Balaban J connectivity index is 3.65. The second-order valence-corrected chi connectivity index (χ2v) is 6.65. The van der Waals surface area contributed by atoms with E-state index in [1.165, 1.54) is 12.8 Å². The van der Waals surface area contributed by atoms with Crippen LogP contribution in [0.25, 0.3) is 0 Å². The van der Waals surface area contributed by atoms with Crippen molar-refractivity contribution in [1.82, 2.24) is 5.32 Å². The number of hydrogen-bond acceptors (Lipinski definition) is 3. The van der Waals surface area contributed by atoms with Gasteiger partial charge in [0.05, 0.1) is 0 Å². The lowest BCUT2D eigenvalue weighted by atomic mass is 9.86. The van der Waals surface area contributed by atoms with Crippen LogP contribution in [0.15, 0.2) is 5.16 Å². The Hall–Kier alpha value is -0.770. The Morgan fingerprint density at radius 1 is 1.21 bits per heavy atom. The van der Waals surface area contributed by atoms with Crippen LogP contribution in [0.3, 0.4) is 0 Å². The van der Waals surface area contributed by atoms with Crippen molar-refractivity contribution in [1.29, 1.82) is 0 Å². The first-order valence-corrected chi connectivity index (χ1v) is 7.51. The fourth-order valence-electron chi connectivity index (χ4n) is 1.99. The molecule has 4 heteroatoms. The predicted octanol–water partition coefficient (Wildman–Crippen LogP) is 3.34. The average molecular weight is 271 g/mol. The van der Waals surface area contributed by atoms with Crippen LogP contribution in [0.2, 0.25) is 0 Å². The first kappa shape index (κ1) is 18.2. The molecule has 0 saturated heterocycles. The molecule has 19 heavy (non-hydrogen) atoms. The molecule has 0 aromatic rings. The average Bonchev–Trinajstić information content (AvgIpc) is 2.34. The van der Waals surface area contributed by atoms with Gasteiger partial charge in [-0.2, -0.15) is 0 Å². The number of amidine groups is 1. The molecule has 1 unspecified atom stereocenters. The molecular weight excluding hydrogens is 238 g/mol. The van der Waals surface area contributed by atoms with Crippen LogP contribution in [0.5, 0.6) is 0 Å². The second-order valence-electron chi connectivity index (χ2n) is 6.65. The molecule has 0 fully saturated rings. The van der Waals surface area contributed by atoms with Crippen molar-refractivity contribution in [3.05, 3.63) is 0 Å². The van der Waals surface area contributed by atoms with Crippen LogP contribution in [0.4, 0.5) is 0 Å². The predicted molar refractivity (Wildman–Crippen MR) is 82.6 cm³/mol. The molecule has 0 spiro atoms. The molecule has 0 bridgehead atoms. The summed E-state index contributed by atoms with van der Waals surface area (Å²) in [5.41, 5.74) is 5.46. The minimum atomic E-state index is -0.210. The summed E-state index contributed by atoms with van der Waals surface area (Å²) in [6.45, 7) is 11.9. The largest absolute Gasteiger partial charge is 0.409 e. The van der Waals surface area contributed by atoms with Crippen molar-refractivity contribution in [3.63, 3.8) is 0 Å². The third-order valence-corrected chi connectivity index (χ3v) is 3.70. The molecule has 0 radical (unpaired) electrons. The molecule has 1 atom stereocenters. The monoisotopic (exact) mass is 271 g/mol. The highest BCUT2D eigenvalue weighted by molar-refractivity contribution is 5.85. The molecule has 0 saturated carbocycles. The van der Waals surface area contributed by atoms with Crippen LogP contribution in [-0.2, 0) is 0 Å². The molecule has 114 valence electrons. The fraction of sp³-hybridized carbons (Fsp3) is 0.933. The Kier molecular flexibility index (Phi) is 8.81. The zero-order chi connectivity index (χ0) is 14.9. The third kappa shape index (κ3) is 8.87. The smallest absolute Gasteiger partial charge is 0.144 e. The van der Waals surface area contributed by atoms with E-state index in [1.54, 1.807) is 0 Å². The summed E-state index contributed by atoms with van der Waals surface area (Å²) in [6, 6.07) is 0.597. The topological polar surface area (TPSA) is 70.6 Å². The molecule has 0 amide bonds. The van der Waals surface area contributed by atoms with E-state index in [1.807, 2.05) is 13.8 Å². The maximum absolute atomic E-state index is 8.70. The summed E-state index contributed by atoms with van der Waals surface area (Å²) in [5.74, 6) is 1.11. The molecule has 0 aliphatic heterocycles. The molecule has 4 N–H and O–H groups in total. The Morgan fingerprint density at radius 3 is 2.37 bits per heavy atom. The zero-order valence-corrected chi connectivity index (χ0v) is 13.4. The van der Waals surface area contributed by atoms with Gasteiger partial charge in [0, 0.05) is 11.5 Å². The van der Waals surface area contributed by atoms with Gasteiger partial charge in [0.25, 0.3) is 0 Å². The van der Waals surface area contributed by atoms with Gasteiger partial charge >= 0.3 is 0 Å². The number of oxime groups is 1. The second kappa shape index (κ2) is 9.18. The van der Waals surface area contributed by atoms with Crippen molar-refractivity contribution < 1.29 is 5.21 Å². The SMILES string of the molecule is CC(C)CCC(C)NCCCCC(C)(C)C(N)=NO. The Bertz CT molecular complexity index is 262. The first-order valence-electron chi connectivity index (χ1n) is 7.51. The summed E-state index contributed by atoms with van der Waals surface area (Å²) < 4.78 is 0. The fourth-order valence-corrected chi connectivity index (χ4v) is 1.99. The van der Waals surface area contributed by atoms with Gasteiger partial charge in [0.2, 0.25) is 0 Å². The molecule has 0 heterocycles. The summed E-state index contributed by atoms with van der Waals surface area (Å²) in [4.78, 5) is 0. The number of nitrogens with two attached hydrogens (primary N) is 1. The van der Waals surface area contributed by atoms with Gasteiger partial charge in [-0.15, -0.1) is 0 Å². The molecular formula is C15H33N3O. The summed E-state index contributed by atoms with van der Waals surface area (Å²) in [6.07, 6.45) is 5.70. The minimum Gasteiger partial charge on any atom is -0.409 e. The lowest BCUT2D eigenvalue weighted by Crippen LogP contribution is -2.32. The first-order chi connectivity index (χ1) is 8.79. The van der Waals surface area contributed by atoms with Gasteiger partial charge < -0.3 is 16.3 Å². The van der Waals surface area contributed by atoms with Crippen LogP contribution in [0.1, 0.15) is 66.7 Å². The van der Waals surface area contributed by atoms with Gasteiger partial charge in [0.15, 0.2) is 0 Å². The number of nitrogens with one attached hydrogen (secondary N) is 1. The maximum atomic E-state index is 8.70. The van der Waals surface area contributed by atoms with Gasteiger partial charge in [-0.3, -0.25) is 0 Å². The van der Waals surface area contributed by atoms with Crippen molar-refractivity contribution in [3.8, 4) is 0 Å². The lowest BCUT2D eigenvalue weighted by molar-refractivity contribution is 0.304. The van der Waals surface area contributed by atoms with E-state index in [0.717, 1.165) is 31.7 Å². The third-order valence-electron chi connectivity index (χ3n) is 3.70. The molecule has 0 aliphatic rings. The van der Waals surface area contributed by atoms with Crippen LogP contribution < -0.4 is 11.1 Å². The standard InChI is InChI=1S/C15H33N3O/c1-12(2)8-9-13(3)17-11-7-6-10-15(4,5)14(16)18-19/h12-13,17,19H,6-11H2,1-5H3,(H2,16,18). The van der Waals surface area contributed by atoms with Crippen LogP contribution in [-0.4, -0.2) is 23.6 Å². The van der Waals surface area contributed by atoms with E-state index < -0.39 is 0 Å². The van der Waals surface area contributed by atoms with Gasteiger partial charge in [-0.25, -0.2) is 0 Å². The van der Waals surface area contributed by atoms with Crippen molar-refractivity contribution in [2.24, 2.45) is 22.2 Å². The summed E-state index contributed by atoms with van der Waals surface area (Å²) in [5, 5.41) is 15.4. The van der Waals surface area contributed by atoms with E-state index in [9.17, 15) is 0 Å². The molecule has 0 aromatic carbocycles. The minimum absolute atomic E-state index is 0.210. The van der Waals surface area contributed by atoms with Crippen molar-refractivity contribution >= 4 is 5.84 Å². The van der Waals surface area contributed by atoms with Gasteiger partial charge in [0.1, 0.15) is 5.84 Å². The molecule has 0 aromatic heterocycles. The van der Waals surface area contributed by atoms with Crippen LogP contribution in [0, 0.1) is 11.3 Å². The number of nitrogens with zero attached hydrogens (tertiary/aromatic N) is 1. The lowest BCUT2D eigenvalue weighted by Gasteiger charge is -2.22. The van der Waals surface area contributed by atoms with Crippen molar-refractivity contribution in [2.75, 3.05) is 6.54 Å². The highest BCUT2D eigenvalue weighted by Crippen LogP contribution is 2.23. The number of hydrogen-bond donors (Lipinski definition) is 3.